The van der Waals surface area contributed by atoms with Crippen LogP contribution in [0.4, 0.5) is 0 Å². The van der Waals surface area contributed by atoms with E-state index >= 15 is 0 Å². The summed E-state index contributed by atoms with van der Waals surface area (Å²) in [7, 11) is -4.18. The maximum absolute atomic E-state index is 13.1. The molecule has 0 spiro atoms. The van der Waals surface area contributed by atoms with Gasteiger partial charge in [-0.15, -0.1) is 5.10 Å². The van der Waals surface area contributed by atoms with E-state index in [4.69, 9.17) is 16.3 Å². The zero-order chi connectivity index (χ0) is 30.1. The SMILES string of the molecule is Cc1nn(CCCCC2CNC(C)(C)C2)cc1S(=O)(=O)NC(=O)c1ccc(-n2ccc(OCCC3(C)CC3)n2)nc1Cl. The molecule has 1 saturated carbocycles. The Morgan fingerprint density at radius 2 is 1.98 bits per heavy atom. The first kappa shape index (κ1) is 30.5. The van der Waals surface area contributed by atoms with E-state index in [-0.39, 0.29) is 21.2 Å². The summed E-state index contributed by atoms with van der Waals surface area (Å²) in [6, 6.07) is 4.69. The number of ether oxygens (including phenoxy) is 1. The second-order valence-electron chi connectivity index (χ2n) is 12.6. The van der Waals surface area contributed by atoms with E-state index in [0.29, 0.717) is 41.9 Å². The van der Waals surface area contributed by atoms with E-state index in [1.54, 1.807) is 29.9 Å². The first-order valence-corrected chi connectivity index (χ1v) is 16.4. The van der Waals surface area contributed by atoms with Crippen LogP contribution in [0.5, 0.6) is 5.88 Å². The number of aryl methyl sites for hydroxylation is 2. The third-order valence-corrected chi connectivity index (χ3v) is 9.99. The second-order valence-corrected chi connectivity index (χ2v) is 14.6. The van der Waals surface area contributed by atoms with E-state index < -0.39 is 15.9 Å². The zero-order valence-corrected chi connectivity index (χ0v) is 26.3. The van der Waals surface area contributed by atoms with Gasteiger partial charge in [-0.2, -0.15) is 5.10 Å². The van der Waals surface area contributed by atoms with Crippen LogP contribution in [0.25, 0.3) is 5.82 Å². The minimum atomic E-state index is -4.18. The molecule has 2 fully saturated rings. The van der Waals surface area contributed by atoms with Crippen molar-refractivity contribution in [1.29, 1.82) is 0 Å². The Bertz CT molecular complexity index is 1540. The number of carbonyl (C=O) groups is 1. The summed E-state index contributed by atoms with van der Waals surface area (Å²) in [6.45, 7) is 10.5. The van der Waals surface area contributed by atoms with Crippen molar-refractivity contribution in [3.8, 4) is 11.7 Å². The van der Waals surface area contributed by atoms with Gasteiger partial charge in [0.1, 0.15) is 10.0 Å². The van der Waals surface area contributed by atoms with E-state index in [1.165, 1.54) is 29.8 Å². The lowest BCUT2D eigenvalue weighted by molar-refractivity contribution is 0.0981. The van der Waals surface area contributed by atoms with Gasteiger partial charge in [0.25, 0.3) is 15.9 Å². The third-order valence-electron chi connectivity index (χ3n) is 8.27. The van der Waals surface area contributed by atoms with E-state index in [9.17, 15) is 13.2 Å². The molecule has 2 aliphatic rings. The molecule has 0 radical (unpaired) electrons. The smallest absolute Gasteiger partial charge is 0.268 e. The monoisotopic (exact) mass is 617 g/mol. The number of hydrogen-bond donors (Lipinski definition) is 2. The number of carbonyl (C=O) groups excluding carboxylic acids is 1. The summed E-state index contributed by atoms with van der Waals surface area (Å²) < 4.78 is 37.1. The van der Waals surface area contributed by atoms with Crippen LogP contribution in [0.3, 0.4) is 0 Å². The molecule has 3 aromatic rings. The molecule has 42 heavy (non-hydrogen) atoms. The lowest BCUT2D eigenvalue weighted by Gasteiger charge is -2.17. The third kappa shape index (κ3) is 7.51. The largest absolute Gasteiger partial charge is 0.477 e. The van der Waals surface area contributed by atoms with Crippen molar-refractivity contribution in [1.82, 2.24) is 34.6 Å². The highest BCUT2D eigenvalue weighted by molar-refractivity contribution is 7.90. The minimum absolute atomic E-state index is 0.0435. The number of nitrogens with one attached hydrogen (secondary N) is 2. The van der Waals surface area contributed by atoms with Crippen LogP contribution in [-0.4, -0.2) is 57.6 Å². The van der Waals surface area contributed by atoms with Gasteiger partial charge in [0, 0.05) is 30.5 Å². The van der Waals surface area contributed by atoms with Crippen molar-refractivity contribution in [2.24, 2.45) is 11.3 Å². The van der Waals surface area contributed by atoms with Crippen LogP contribution in [0.1, 0.15) is 81.8 Å². The number of halogens is 1. The molecule has 1 atom stereocenters. The van der Waals surface area contributed by atoms with Gasteiger partial charge in [-0.3, -0.25) is 9.48 Å². The van der Waals surface area contributed by atoms with Crippen LogP contribution in [0, 0.1) is 18.3 Å². The van der Waals surface area contributed by atoms with Gasteiger partial charge >= 0.3 is 0 Å². The fraction of sp³-hybridized carbons (Fsp3) is 0.586. The van der Waals surface area contributed by atoms with Crippen LogP contribution < -0.4 is 14.8 Å². The van der Waals surface area contributed by atoms with Gasteiger partial charge in [-0.05, 0) is 89.3 Å². The first-order valence-electron chi connectivity index (χ1n) is 14.5. The molecular formula is C29H40ClN7O4S. The summed E-state index contributed by atoms with van der Waals surface area (Å²) in [5.41, 5.74) is 0.844. The Kier molecular flexibility index (Phi) is 8.69. The van der Waals surface area contributed by atoms with E-state index in [2.05, 4.69) is 46.0 Å². The number of aromatic nitrogens is 5. The standard InChI is InChI=1S/C29H40ClN7O4S/c1-20-23(19-36(33-20)14-6-5-7-21-17-28(2,3)31-18-21)42(39,40)35-27(38)22-8-9-24(32-26(22)30)37-15-10-25(34-37)41-16-13-29(4)11-12-29/h8-10,15,19,21,31H,5-7,11-14,16-18H2,1-4H3,(H,35,38). The van der Waals surface area contributed by atoms with Crippen LogP contribution >= 0.6 is 11.6 Å². The molecule has 1 amide bonds. The molecule has 11 nitrogen and oxygen atoms in total. The topological polar surface area (TPSA) is 133 Å². The Labute approximate surface area is 252 Å². The van der Waals surface area contributed by atoms with Crippen molar-refractivity contribution in [2.45, 2.75) is 89.6 Å². The molecular weight excluding hydrogens is 578 g/mol. The molecule has 0 bridgehead atoms. The number of pyridine rings is 1. The van der Waals surface area contributed by atoms with Crippen LogP contribution in [0.15, 0.2) is 35.5 Å². The molecule has 13 heteroatoms. The van der Waals surface area contributed by atoms with Gasteiger partial charge in [0.05, 0.1) is 17.9 Å². The Hall–Kier alpha value is -2.96. The highest BCUT2D eigenvalue weighted by Crippen LogP contribution is 2.47. The highest BCUT2D eigenvalue weighted by atomic mass is 35.5. The predicted molar refractivity (Wildman–Crippen MR) is 159 cm³/mol. The fourth-order valence-corrected chi connectivity index (χ4v) is 6.80. The molecule has 5 rings (SSSR count). The summed E-state index contributed by atoms with van der Waals surface area (Å²) in [6.07, 6.45) is 10.8. The van der Waals surface area contributed by atoms with E-state index in [0.717, 1.165) is 38.6 Å². The maximum atomic E-state index is 13.1. The maximum Gasteiger partial charge on any atom is 0.268 e. The van der Waals surface area contributed by atoms with Gasteiger partial charge < -0.3 is 10.1 Å². The quantitative estimate of drug-likeness (QED) is 0.209. The van der Waals surface area contributed by atoms with Gasteiger partial charge in [-0.25, -0.2) is 22.8 Å². The number of rotatable bonds is 13. The van der Waals surface area contributed by atoms with Gasteiger partial charge in [0.15, 0.2) is 5.82 Å². The minimum Gasteiger partial charge on any atom is -0.477 e. The fourth-order valence-electron chi connectivity index (χ4n) is 5.41. The molecule has 0 aromatic carbocycles. The lowest BCUT2D eigenvalue weighted by Crippen LogP contribution is -2.31. The molecule has 4 heterocycles. The summed E-state index contributed by atoms with van der Waals surface area (Å²) >= 11 is 6.31. The van der Waals surface area contributed by atoms with Crippen LogP contribution in [-0.2, 0) is 16.6 Å². The lowest BCUT2D eigenvalue weighted by atomic mass is 9.93. The molecule has 3 aromatic heterocycles. The van der Waals surface area contributed by atoms with Crippen molar-refractivity contribution in [2.75, 3.05) is 13.2 Å². The van der Waals surface area contributed by atoms with Crippen molar-refractivity contribution >= 4 is 27.5 Å². The average molecular weight is 618 g/mol. The highest BCUT2D eigenvalue weighted by Gasteiger charge is 2.36. The average Bonchev–Trinajstić information content (AvgIpc) is 3.23. The number of nitrogens with zero attached hydrogens (tertiary/aromatic N) is 5. The Morgan fingerprint density at radius 1 is 1.19 bits per heavy atom. The molecule has 2 N–H and O–H groups in total. The van der Waals surface area contributed by atoms with E-state index in [1.807, 2.05) is 0 Å². The van der Waals surface area contributed by atoms with Crippen molar-refractivity contribution in [3.05, 3.63) is 47.0 Å². The number of sulfonamides is 1. The van der Waals surface area contributed by atoms with Gasteiger partial charge in [0.2, 0.25) is 5.88 Å². The molecule has 1 saturated heterocycles. The number of amides is 1. The second kappa shape index (κ2) is 12.0. The Balaban J connectivity index is 1.15. The summed E-state index contributed by atoms with van der Waals surface area (Å²) in [5.74, 6) is 0.624. The molecule has 1 aliphatic heterocycles. The van der Waals surface area contributed by atoms with Gasteiger partial charge in [-0.1, -0.05) is 24.9 Å². The zero-order valence-electron chi connectivity index (χ0n) is 24.7. The molecule has 228 valence electrons. The Morgan fingerprint density at radius 3 is 2.67 bits per heavy atom. The van der Waals surface area contributed by atoms with Crippen molar-refractivity contribution in [3.63, 3.8) is 0 Å². The number of unbranched alkanes of at least 4 members (excludes halogenated alkanes) is 1. The van der Waals surface area contributed by atoms with Crippen molar-refractivity contribution < 1.29 is 17.9 Å². The predicted octanol–water partition coefficient (Wildman–Crippen LogP) is 4.67. The molecule has 1 aliphatic carbocycles. The van der Waals surface area contributed by atoms with Crippen LogP contribution in [0.2, 0.25) is 5.15 Å². The summed E-state index contributed by atoms with van der Waals surface area (Å²) in [5, 5.41) is 12.1. The first-order chi connectivity index (χ1) is 19.8. The summed E-state index contributed by atoms with van der Waals surface area (Å²) in [4.78, 5) is 17.1. The molecule has 1 unspecified atom stereocenters. The normalized spacial score (nSPS) is 19.1. The number of hydrogen-bond acceptors (Lipinski definition) is 8.